The summed E-state index contributed by atoms with van der Waals surface area (Å²) in [5.74, 6) is 1.59. The number of sulfone groups is 1. The van der Waals surface area contributed by atoms with E-state index in [2.05, 4.69) is 15.2 Å². The fourth-order valence-electron chi connectivity index (χ4n) is 3.77. The van der Waals surface area contributed by atoms with Gasteiger partial charge in [0.1, 0.15) is 6.10 Å². The molecule has 0 aromatic rings. The standard InChI is InChI=1S/C17H30N4O4S/c1-2-18-17(19-12-14-5-11-26(23,24)13-14)21-8-6-20(7-9-21)16(22)15-4-3-10-25-15/h14-15H,2-13H2,1H3,(H,18,19). The fraction of sp³-hybridized carbons (Fsp3) is 0.882. The van der Waals surface area contributed by atoms with Crippen LogP contribution in [-0.2, 0) is 19.4 Å². The van der Waals surface area contributed by atoms with Gasteiger partial charge in [-0.25, -0.2) is 8.42 Å². The summed E-state index contributed by atoms with van der Waals surface area (Å²) >= 11 is 0. The van der Waals surface area contributed by atoms with E-state index in [0.29, 0.717) is 32.7 Å². The Morgan fingerprint density at radius 2 is 1.92 bits per heavy atom. The van der Waals surface area contributed by atoms with Gasteiger partial charge in [0, 0.05) is 45.9 Å². The highest BCUT2D eigenvalue weighted by molar-refractivity contribution is 7.91. The second kappa shape index (κ2) is 8.56. The van der Waals surface area contributed by atoms with Crippen molar-refractivity contribution in [1.29, 1.82) is 0 Å². The van der Waals surface area contributed by atoms with Gasteiger partial charge in [0.25, 0.3) is 5.91 Å². The summed E-state index contributed by atoms with van der Waals surface area (Å²) in [7, 11) is -2.86. The Hall–Kier alpha value is -1.35. The quantitative estimate of drug-likeness (QED) is 0.527. The molecule has 0 saturated carbocycles. The molecule has 3 rings (SSSR count). The summed E-state index contributed by atoms with van der Waals surface area (Å²) in [5, 5.41) is 3.29. The molecule has 1 amide bonds. The number of aliphatic imine (C=N–C) groups is 1. The molecule has 3 heterocycles. The number of rotatable bonds is 4. The first kappa shape index (κ1) is 19.4. The van der Waals surface area contributed by atoms with Crippen LogP contribution >= 0.6 is 0 Å². The number of carbonyl (C=O) groups excluding carboxylic acids is 1. The van der Waals surface area contributed by atoms with Crippen molar-refractivity contribution in [3.8, 4) is 0 Å². The lowest BCUT2D eigenvalue weighted by molar-refractivity contribution is -0.142. The van der Waals surface area contributed by atoms with Gasteiger partial charge in [0.15, 0.2) is 15.8 Å². The fourth-order valence-corrected chi connectivity index (χ4v) is 5.62. The molecular formula is C17H30N4O4S. The average molecular weight is 387 g/mol. The first-order valence-corrected chi connectivity index (χ1v) is 11.4. The topological polar surface area (TPSA) is 91.3 Å². The molecule has 0 spiro atoms. The van der Waals surface area contributed by atoms with Gasteiger partial charge in [-0.15, -0.1) is 0 Å². The molecule has 0 aliphatic carbocycles. The molecule has 3 fully saturated rings. The van der Waals surface area contributed by atoms with Crippen LogP contribution in [0.15, 0.2) is 4.99 Å². The molecule has 3 aliphatic heterocycles. The van der Waals surface area contributed by atoms with Gasteiger partial charge in [-0.3, -0.25) is 9.79 Å². The third-order valence-electron chi connectivity index (χ3n) is 5.26. The summed E-state index contributed by atoms with van der Waals surface area (Å²) in [5.41, 5.74) is 0. The maximum atomic E-state index is 12.4. The first-order chi connectivity index (χ1) is 12.5. The van der Waals surface area contributed by atoms with Crippen molar-refractivity contribution in [3.05, 3.63) is 0 Å². The predicted molar refractivity (Wildman–Crippen MR) is 99.9 cm³/mol. The molecule has 8 nitrogen and oxygen atoms in total. The van der Waals surface area contributed by atoms with Gasteiger partial charge in [0.2, 0.25) is 0 Å². The van der Waals surface area contributed by atoms with E-state index < -0.39 is 9.84 Å². The Labute approximate surface area is 155 Å². The van der Waals surface area contributed by atoms with Gasteiger partial charge < -0.3 is 19.9 Å². The highest BCUT2D eigenvalue weighted by atomic mass is 32.2. The minimum absolute atomic E-state index is 0.111. The van der Waals surface area contributed by atoms with Crippen LogP contribution in [0.3, 0.4) is 0 Å². The lowest BCUT2D eigenvalue weighted by atomic mass is 10.1. The molecule has 0 aromatic carbocycles. The van der Waals surface area contributed by atoms with Gasteiger partial charge in [-0.1, -0.05) is 0 Å². The number of carbonyl (C=O) groups is 1. The van der Waals surface area contributed by atoms with Crippen LogP contribution in [-0.4, -0.2) is 93.6 Å². The molecule has 0 aromatic heterocycles. The minimum Gasteiger partial charge on any atom is -0.368 e. The second-order valence-electron chi connectivity index (χ2n) is 7.28. The number of nitrogens with zero attached hydrogens (tertiary/aromatic N) is 3. The third kappa shape index (κ3) is 4.88. The Bertz CT molecular complexity index is 623. The molecule has 26 heavy (non-hydrogen) atoms. The number of guanidine groups is 1. The van der Waals surface area contributed by atoms with E-state index in [1.54, 1.807) is 0 Å². The minimum atomic E-state index is -2.86. The summed E-state index contributed by atoms with van der Waals surface area (Å²) in [6.45, 7) is 6.80. The highest BCUT2D eigenvalue weighted by Gasteiger charge is 2.31. The Kier molecular flexibility index (Phi) is 6.39. The zero-order valence-electron chi connectivity index (χ0n) is 15.5. The Balaban J connectivity index is 1.52. The zero-order valence-corrected chi connectivity index (χ0v) is 16.3. The molecule has 3 saturated heterocycles. The first-order valence-electron chi connectivity index (χ1n) is 9.62. The van der Waals surface area contributed by atoms with Crippen molar-refractivity contribution >= 4 is 21.7 Å². The van der Waals surface area contributed by atoms with Gasteiger partial charge >= 0.3 is 0 Å². The molecule has 3 aliphatic rings. The summed E-state index contributed by atoms with van der Waals surface area (Å²) < 4.78 is 28.7. The van der Waals surface area contributed by atoms with Crippen molar-refractivity contribution < 1.29 is 17.9 Å². The van der Waals surface area contributed by atoms with Crippen LogP contribution in [0, 0.1) is 5.92 Å². The summed E-state index contributed by atoms with van der Waals surface area (Å²) in [6, 6.07) is 0. The van der Waals surface area contributed by atoms with Gasteiger partial charge in [-0.05, 0) is 32.1 Å². The van der Waals surface area contributed by atoms with Crippen molar-refractivity contribution in [2.24, 2.45) is 10.9 Å². The van der Waals surface area contributed by atoms with Crippen LogP contribution in [0.4, 0.5) is 0 Å². The van der Waals surface area contributed by atoms with Crippen LogP contribution in [0.25, 0.3) is 0 Å². The summed E-state index contributed by atoms with van der Waals surface area (Å²) in [6.07, 6.45) is 2.24. The molecule has 9 heteroatoms. The lowest BCUT2D eigenvalue weighted by Crippen LogP contribution is -2.55. The maximum Gasteiger partial charge on any atom is 0.251 e. The average Bonchev–Trinajstić information content (AvgIpc) is 3.28. The van der Waals surface area contributed by atoms with Gasteiger partial charge in [-0.2, -0.15) is 0 Å². The third-order valence-corrected chi connectivity index (χ3v) is 7.09. The maximum absolute atomic E-state index is 12.4. The van der Waals surface area contributed by atoms with E-state index in [1.165, 1.54) is 0 Å². The molecule has 2 atom stereocenters. The zero-order chi connectivity index (χ0) is 18.6. The van der Waals surface area contributed by atoms with E-state index in [4.69, 9.17) is 4.74 Å². The van der Waals surface area contributed by atoms with E-state index >= 15 is 0 Å². The summed E-state index contributed by atoms with van der Waals surface area (Å²) in [4.78, 5) is 21.2. The molecule has 0 radical (unpaired) electrons. The molecular weight excluding hydrogens is 356 g/mol. The van der Waals surface area contributed by atoms with E-state index in [0.717, 1.165) is 38.4 Å². The number of amides is 1. The molecule has 2 unspecified atom stereocenters. The van der Waals surface area contributed by atoms with Crippen LogP contribution in [0.1, 0.15) is 26.2 Å². The molecule has 1 N–H and O–H groups in total. The number of nitrogens with one attached hydrogen (secondary N) is 1. The normalized spacial score (nSPS) is 29.2. The lowest BCUT2D eigenvalue weighted by Gasteiger charge is -2.37. The van der Waals surface area contributed by atoms with Crippen molar-refractivity contribution in [2.75, 3.05) is 57.4 Å². The Morgan fingerprint density at radius 1 is 1.19 bits per heavy atom. The SMILES string of the molecule is CCNC(=NCC1CCS(=O)(=O)C1)N1CCN(C(=O)C2CCCO2)CC1. The van der Waals surface area contributed by atoms with E-state index in [-0.39, 0.29) is 29.4 Å². The smallest absolute Gasteiger partial charge is 0.251 e. The van der Waals surface area contributed by atoms with Gasteiger partial charge in [0.05, 0.1) is 11.5 Å². The van der Waals surface area contributed by atoms with Crippen LogP contribution < -0.4 is 5.32 Å². The van der Waals surface area contributed by atoms with Crippen LogP contribution in [0.5, 0.6) is 0 Å². The van der Waals surface area contributed by atoms with E-state index in [9.17, 15) is 13.2 Å². The number of hydrogen-bond donors (Lipinski definition) is 1. The number of ether oxygens (including phenoxy) is 1. The van der Waals surface area contributed by atoms with E-state index in [1.807, 2.05) is 11.8 Å². The van der Waals surface area contributed by atoms with Crippen molar-refractivity contribution in [3.63, 3.8) is 0 Å². The predicted octanol–water partition coefficient (Wildman–Crippen LogP) is -0.290. The molecule has 148 valence electrons. The number of hydrogen-bond acceptors (Lipinski definition) is 5. The second-order valence-corrected chi connectivity index (χ2v) is 9.51. The monoisotopic (exact) mass is 386 g/mol. The number of piperazine rings is 1. The Morgan fingerprint density at radius 3 is 2.50 bits per heavy atom. The largest absolute Gasteiger partial charge is 0.368 e. The van der Waals surface area contributed by atoms with Crippen molar-refractivity contribution in [1.82, 2.24) is 15.1 Å². The van der Waals surface area contributed by atoms with Crippen molar-refractivity contribution in [2.45, 2.75) is 32.3 Å². The van der Waals surface area contributed by atoms with Crippen LogP contribution in [0.2, 0.25) is 0 Å². The highest BCUT2D eigenvalue weighted by Crippen LogP contribution is 2.19. The molecule has 0 bridgehead atoms.